The molecule has 0 radical (unpaired) electrons. The Morgan fingerprint density at radius 1 is 0.411 bits per heavy atom. The topological polar surface area (TPSA) is 228 Å². The van der Waals surface area contributed by atoms with Crippen molar-refractivity contribution < 1.29 is 64.6 Å². The summed E-state index contributed by atoms with van der Waals surface area (Å²) < 4.78 is 22.9. The molecule has 0 aromatic rings. The minimum absolute atomic E-state index is 0.246. The standard InChI is InChI=1S/C76H137NO13/c1-3-5-7-9-11-13-15-17-19-21-23-25-27-29-30-31-32-33-34-36-38-40-42-44-46-48-50-52-54-56-58-60-68(81)77-64(63-87-75-73(86)71(84)74(67(62-79)89-75)90-76-72(85)70(83)69(82)66(61-78)88-76)65(80)59-57-55-53-51-49-47-45-43-41-39-37-35-28-26-24-22-20-18-16-14-12-10-8-6-4-2/h5,7,11,13,17,19,23,25,49,51,57,59,64-67,69-76,78-80,82-86H,3-4,6,8-10,12,14-16,18,20-22,24,26-48,50,52-56,58,60-63H2,1-2H3,(H,77,81)/b7-5-,13-11-,19-17-,25-23-,51-49+,59-57+. The summed E-state index contributed by atoms with van der Waals surface area (Å²) in [4.78, 5) is 13.4. The van der Waals surface area contributed by atoms with Gasteiger partial charge in [-0.2, -0.15) is 0 Å². The molecular weight excluding hydrogens is 1130 g/mol. The van der Waals surface area contributed by atoms with Gasteiger partial charge in [-0.05, 0) is 70.6 Å². The number of hydrogen-bond acceptors (Lipinski definition) is 13. The number of ether oxygens (including phenoxy) is 4. The lowest BCUT2D eigenvalue weighted by Gasteiger charge is -2.46. The molecule has 0 spiro atoms. The van der Waals surface area contributed by atoms with Crippen molar-refractivity contribution in [3.63, 3.8) is 0 Å². The van der Waals surface area contributed by atoms with E-state index < -0.39 is 86.8 Å². The minimum atomic E-state index is -1.79. The van der Waals surface area contributed by atoms with E-state index in [1.807, 2.05) is 6.08 Å². The van der Waals surface area contributed by atoms with Gasteiger partial charge in [-0.25, -0.2) is 0 Å². The van der Waals surface area contributed by atoms with Crippen molar-refractivity contribution in [1.29, 1.82) is 0 Å². The average molecular weight is 1270 g/mol. The largest absolute Gasteiger partial charge is 0.394 e. The SMILES string of the molecule is CC/C=C\C/C=C\C/C=C\C/C=C\CCCCCCCCCCCCCCCCCCCCC(=O)NC(COC1OC(CO)C(OC2OC(CO)C(O)C(O)C2O)C(O)C1O)C(O)/C=C/CC/C=C/CCCCCCCCCCCCCCCCCCCCC. The van der Waals surface area contributed by atoms with E-state index in [0.717, 1.165) is 57.8 Å². The highest BCUT2D eigenvalue weighted by atomic mass is 16.7. The maximum Gasteiger partial charge on any atom is 0.220 e. The molecule has 90 heavy (non-hydrogen) atoms. The summed E-state index contributed by atoms with van der Waals surface area (Å²) in [6, 6.07) is -0.935. The fraction of sp³-hybridized carbons (Fsp3) is 0.829. The Hall–Kier alpha value is -2.57. The van der Waals surface area contributed by atoms with Gasteiger partial charge in [-0.15, -0.1) is 0 Å². The van der Waals surface area contributed by atoms with Gasteiger partial charge < -0.3 is 65.1 Å². The monoisotopic (exact) mass is 1270 g/mol. The second-order valence-corrected chi connectivity index (χ2v) is 26.0. The van der Waals surface area contributed by atoms with Crippen LogP contribution in [-0.2, 0) is 23.7 Å². The first kappa shape index (κ1) is 83.5. The summed E-state index contributed by atoms with van der Waals surface area (Å²) in [6.07, 6.45) is 65.4. The van der Waals surface area contributed by atoms with Gasteiger partial charge in [-0.3, -0.25) is 4.79 Å². The van der Waals surface area contributed by atoms with E-state index in [2.05, 4.69) is 79.9 Å². The van der Waals surface area contributed by atoms with E-state index in [1.54, 1.807) is 6.08 Å². The highest BCUT2D eigenvalue weighted by Crippen LogP contribution is 2.30. The zero-order valence-electron chi connectivity index (χ0n) is 57.1. The molecule has 14 heteroatoms. The van der Waals surface area contributed by atoms with Crippen LogP contribution in [0.15, 0.2) is 72.9 Å². The van der Waals surface area contributed by atoms with Crippen LogP contribution in [0.5, 0.6) is 0 Å². The van der Waals surface area contributed by atoms with Gasteiger partial charge in [0, 0.05) is 6.42 Å². The molecule has 2 fully saturated rings. The number of aliphatic hydroxyl groups excluding tert-OH is 8. The maximum atomic E-state index is 13.4. The second-order valence-electron chi connectivity index (χ2n) is 26.0. The zero-order valence-corrected chi connectivity index (χ0v) is 57.1. The molecule has 2 saturated heterocycles. The van der Waals surface area contributed by atoms with Gasteiger partial charge in [-0.1, -0.05) is 305 Å². The number of unbranched alkanes of at least 4 members (excludes halogenated alkanes) is 38. The lowest BCUT2D eigenvalue weighted by Crippen LogP contribution is -2.65. The molecule has 0 aromatic heterocycles. The summed E-state index contributed by atoms with van der Waals surface area (Å²) in [7, 11) is 0. The number of carbonyl (C=O) groups is 1. The molecule has 0 aliphatic carbocycles. The Labute approximate surface area is 548 Å². The summed E-state index contributed by atoms with van der Waals surface area (Å²) in [5.41, 5.74) is 0. The Morgan fingerprint density at radius 2 is 0.778 bits per heavy atom. The van der Waals surface area contributed by atoms with Crippen LogP contribution in [-0.4, -0.2) is 140 Å². The van der Waals surface area contributed by atoms with E-state index in [1.165, 1.54) is 218 Å². The van der Waals surface area contributed by atoms with E-state index in [-0.39, 0.29) is 18.9 Å². The number of carbonyl (C=O) groups excluding carboxylic acids is 1. The number of aliphatic hydroxyl groups is 8. The van der Waals surface area contributed by atoms with Crippen LogP contribution in [0.4, 0.5) is 0 Å². The van der Waals surface area contributed by atoms with Crippen LogP contribution in [0.1, 0.15) is 309 Å². The summed E-state index contributed by atoms with van der Waals surface area (Å²) in [6.45, 7) is 2.71. The lowest BCUT2D eigenvalue weighted by atomic mass is 9.97. The van der Waals surface area contributed by atoms with E-state index in [0.29, 0.717) is 12.8 Å². The third-order valence-electron chi connectivity index (χ3n) is 17.9. The van der Waals surface area contributed by atoms with Gasteiger partial charge in [0.15, 0.2) is 12.6 Å². The molecule has 14 nitrogen and oxygen atoms in total. The minimum Gasteiger partial charge on any atom is -0.394 e. The zero-order chi connectivity index (χ0) is 65.2. The van der Waals surface area contributed by atoms with E-state index in [9.17, 15) is 45.6 Å². The molecule has 9 N–H and O–H groups in total. The number of nitrogens with one attached hydrogen (secondary N) is 1. The van der Waals surface area contributed by atoms with Crippen LogP contribution in [0.25, 0.3) is 0 Å². The first-order valence-electron chi connectivity index (χ1n) is 37.2. The molecule has 524 valence electrons. The third-order valence-corrected chi connectivity index (χ3v) is 17.9. The number of amides is 1. The van der Waals surface area contributed by atoms with Crippen molar-refractivity contribution in [3.8, 4) is 0 Å². The Morgan fingerprint density at radius 3 is 1.22 bits per heavy atom. The molecule has 2 aliphatic heterocycles. The highest BCUT2D eigenvalue weighted by molar-refractivity contribution is 5.76. The quantitative estimate of drug-likeness (QED) is 0.0204. The lowest BCUT2D eigenvalue weighted by molar-refractivity contribution is -0.359. The molecule has 2 aliphatic rings. The van der Waals surface area contributed by atoms with Crippen molar-refractivity contribution in [3.05, 3.63) is 72.9 Å². The summed E-state index contributed by atoms with van der Waals surface area (Å²) in [5, 5.41) is 87.5. The molecule has 0 aromatic carbocycles. The van der Waals surface area contributed by atoms with Gasteiger partial charge in [0.2, 0.25) is 5.91 Å². The predicted octanol–water partition coefficient (Wildman–Crippen LogP) is 15.8. The third kappa shape index (κ3) is 43.4. The highest BCUT2D eigenvalue weighted by Gasteiger charge is 2.51. The molecule has 0 saturated carbocycles. The number of hydrogen-bond donors (Lipinski definition) is 9. The van der Waals surface area contributed by atoms with Gasteiger partial charge in [0.1, 0.15) is 48.8 Å². The second kappa shape index (κ2) is 60.1. The van der Waals surface area contributed by atoms with Crippen LogP contribution in [0, 0.1) is 0 Å². The van der Waals surface area contributed by atoms with Crippen molar-refractivity contribution in [2.75, 3.05) is 19.8 Å². The normalized spacial score (nSPS) is 23.3. The number of rotatable bonds is 61. The molecular formula is C76H137NO13. The Kier molecular flexibility index (Phi) is 55.8. The van der Waals surface area contributed by atoms with Gasteiger partial charge >= 0.3 is 0 Å². The Balaban J connectivity index is 1.66. The van der Waals surface area contributed by atoms with Crippen LogP contribution < -0.4 is 5.32 Å². The smallest absolute Gasteiger partial charge is 0.220 e. The van der Waals surface area contributed by atoms with Crippen molar-refractivity contribution in [1.82, 2.24) is 5.32 Å². The van der Waals surface area contributed by atoms with Gasteiger partial charge in [0.05, 0.1) is 32.0 Å². The number of allylic oxidation sites excluding steroid dienone is 11. The van der Waals surface area contributed by atoms with Crippen molar-refractivity contribution in [2.24, 2.45) is 0 Å². The van der Waals surface area contributed by atoms with Gasteiger partial charge in [0.25, 0.3) is 0 Å². The molecule has 12 atom stereocenters. The van der Waals surface area contributed by atoms with Crippen LogP contribution >= 0.6 is 0 Å². The maximum absolute atomic E-state index is 13.4. The van der Waals surface area contributed by atoms with E-state index >= 15 is 0 Å². The fourth-order valence-corrected chi connectivity index (χ4v) is 12.0. The molecule has 0 bridgehead atoms. The predicted molar refractivity (Wildman–Crippen MR) is 369 cm³/mol. The first-order valence-corrected chi connectivity index (χ1v) is 37.2. The van der Waals surface area contributed by atoms with Crippen LogP contribution in [0.2, 0.25) is 0 Å². The first-order chi connectivity index (χ1) is 44.1. The summed E-state index contributed by atoms with van der Waals surface area (Å²) >= 11 is 0. The summed E-state index contributed by atoms with van der Waals surface area (Å²) in [5.74, 6) is -0.246. The van der Waals surface area contributed by atoms with E-state index in [4.69, 9.17) is 18.9 Å². The Bertz CT molecular complexity index is 1790. The van der Waals surface area contributed by atoms with Crippen molar-refractivity contribution >= 4 is 5.91 Å². The van der Waals surface area contributed by atoms with Crippen molar-refractivity contribution in [2.45, 2.75) is 383 Å². The fourth-order valence-electron chi connectivity index (χ4n) is 12.0. The molecule has 12 unspecified atom stereocenters. The average Bonchev–Trinajstić information content (AvgIpc) is 1.42. The molecule has 1 amide bonds. The van der Waals surface area contributed by atoms with Crippen LogP contribution in [0.3, 0.4) is 0 Å². The molecule has 2 heterocycles. The molecule has 2 rings (SSSR count).